The van der Waals surface area contributed by atoms with E-state index < -0.39 is 8.32 Å². The largest absolute Gasteiger partial charge is 0.447 e. The summed E-state index contributed by atoms with van der Waals surface area (Å²) in [5, 5.41) is 3.08. The predicted molar refractivity (Wildman–Crippen MR) is 109 cm³/mol. The molecular formula is C21H33NO3Si. The third-order valence-electron chi connectivity index (χ3n) is 4.64. The molecule has 1 atom stereocenters. The van der Waals surface area contributed by atoms with Gasteiger partial charge in [-0.15, -0.1) is 0 Å². The maximum atomic E-state index is 12.1. The molecule has 0 saturated heterocycles. The predicted octanol–water partition coefficient (Wildman–Crippen LogP) is 4.58. The lowest BCUT2D eigenvalue weighted by Crippen LogP contribution is -2.43. The molecule has 0 aliphatic rings. The van der Waals surface area contributed by atoms with Gasteiger partial charge >= 0.3 is 0 Å². The maximum absolute atomic E-state index is 12.1. The Morgan fingerprint density at radius 1 is 1.23 bits per heavy atom. The van der Waals surface area contributed by atoms with Gasteiger partial charge in [-0.2, -0.15) is 0 Å². The normalized spacial score (nSPS) is 12.7. The monoisotopic (exact) mass is 375 g/mol. The molecule has 1 rings (SSSR count). The second-order valence-corrected chi connectivity index (χ2v) is 12.6. The molecule has 0 bridgehead atoms. The first-order chi connectivity index (χ1) is 12.2. The van der Waals surface area contributed by atoms with E-state index in [1.54, 1.807) is 0 Å². The average Bonchev–Trinajstić information content (AvgIpc) is 2.58. The molecule has 144 valence electrons. The number of nitrogens with one attached hydrogen (secondary N) is 1. The van der Waals surface area contributed by atoms with Gasteiger partial charge in [0, 0.05) is 12.1 Å². The maximum Gasteiger partial charge on any atom is 0.251 e. The van der Waals surface area contributed by atoms with Gasteiger partial charge in [0.2, 0.25) is 0 Å². The number of benzene rings is 1. The van der Waals surface area contributed by atoms with Crippen LogP contribution in [0.5, 0.6) is 0 Å². The van der Waals surface area contributed by atoms with Crippen LogP contribution in [0.15, 0.2) is 30.3 Å². The van der Waals surface area contributed by atoms with Crippen molar-refractivity contribution in [3.05, 3.63) is 35.9 Å². The molecule has 0 aliphatic carbocycles. The van der Waals surface area contributed by atoms with E-state index in [1.807, 2.05) is 37.3 Å². The van der Waals surface area contributed by atoms with Crippen LogP contribution >= 0.6 is 0 Å². The zero-order valence-corrected chi connectivity index (χ0v) is 18.0. The number of amides is 1. The molecule has 4 nitrogen and oxygen atoms in total. The summed E-state index contributed by atoms with van der Waals surface area (Å²) in [7, 11) is -1.91. The fraction of sp³-hybridized carbons (Fsp3) is 0.571. The van der Waals surface area contributed by atoms with Crippen LogP contribution in [0.3, 0.4) is 0 Å². The molecule has 0 saturated carbocycles. The summed E-state index contributed by atoms with van der Waals surface area (Å²) >= 11 is 0. The third-order valence-corrected chi connectivity index (χ3v) is 9.13. The Morgan fingerprint density at radius 3 is 2.46 bits per heavy atom. The Hall–Kier alpha value is -1.77. The van der Waals surface area contributed by atoms with Gasteiger partial charge in [-0.05, 0) is 56.0 Å². The molecule has 0 radical (unpaired) electrons. The van der Waals surface area contributed by atoms with Crippen LogP contribution in [0.25, 0.3) is 0 Å². The number of ether oxygens (including phenoxy) is 1. The van der Waals surface area contributed by atoms with Crippen LogP contribution in [0.2, 0.25) is 18.1 Å². The van der Waals surface area contributed by atoms with Crippen LogP contribution in [-0.4, -0.2) is 33.5 Å². The van der Waals surface area contributed by atoms with Crippen LogP contribution in [0, 0.1) is 12.0 Å². The van der Waals surface area contributed by atoms with E-state index in [0.717, 1.165) is 12.8 Å². The lowest BCUT2D eigenvalue weighted by molar-refractivity contribution is 0.0951. The minimum Gasteiger partial charge on any atom is -0.447 e. The number of hydrogen-bond donors (Lipinski definition) is 1. The van der Waals surface area contributed by atoms with Crippen molar-refractivity contribution >= 4 is 14.2 Å². The van der Waals surface area contributed by atoms with Crippen molar-refractivity contribution in [3.8, 4) is 12.0 Å². The van der Waals surface area contributed by atoms with Crippen molar-refractivity contribution in [1.29, 1.82) is 0 Å². The number of carbonyl (C=O) groups is 1. The average molecular weight is 376 g/mol. The van der Waals surface area contributed by atoms with Gasteiger partial charge in [-0.1, -0.05) is 39.0 Å². The van der Waals surface area contributed by atoms with Crippen molar-refractivity contribution in [2.75, 3.05) is 13.2 Å². The van der Waals surface area contributed by atoms with Crippen LogP contribution in [0.1, 0.15) is 50.9 Å². The van der Waals surface area contributed by atoms with E-state index in [1.165, 1.54) is 0 Å². The summed E-state index contributed by atoms with van der Waals surface area (Å²) in [6, 6.07) is 9.25. The lowest BCUT2D eigenvalue weighted by Gasteiger charge is -2.38. The molecule has 1 aromatic carbocycles. The highest BCUT2D eigenvalue weighted by Crippen LogP contribution is 2.37. The molecule has 0 fully saturated rings. The zero-order valence-electron chi connectivity index (χ0n) is 17.0. The molecule has 26 heavy (non-hydrogen) atoms. The van der Waals surface area contributed by atoms with Crippen LogP contribution in [0.4, 0.5) is 0 Å². The fourth-order valence-electron chi connectivity index (χ4n) is 2.05. The Morgan fingerprint density at radius 2 is 1.88 bits per heavy atom. The standard InChI is InChI=1S/C21H33NO3Si/c1-7-24-17-15-19(25-26(5,6)21(2,3)4)14-11-16-22-20(23)18-12-9-8-10-13-18/h8-10,12-13,19H,7,11,14,16H2,1-6H3,(H,22,23). The minimum absolute atomic E-state index is 0.0483. The summed E-state index contributed by atoms with van der Waals surface area (Å²) in [5.74, 6) is 3.05. The minimum atomic E-state index is -1.91. The summed E-state index contributed by atoms with van der Waals surface area (Å²) in [4.78, 5) is 12.1. The zero-order chi connectivity index (χ0) is 19.6. The van der Waals surface area contributed by atoms with Crippen LogP contribution in [-0.2, 0) is 9.16 Å². The van der Waals surface area contributed by atoms with Crippen molar-refractivity contribution < 1.29 is 14.0 Å². The van der Waals surface area contributed by atoms with E-state index >= 15 is 0 Å². The fourth-order valence-corrected chi connectivity index (χ4v) is 3.30. The SMILES string of the molecule is CCOC#CC(CCCNC(=O)c1ccccc1)O[Si](C)(C)C(C)(C)C. The van der Waals surface area contributed by atoms with Crippen LogP contribution < -0.4 is 5.32 Å². The highest BCUT2D eigenvalue weighted by molar-refractivity contribution is 6.74. The van der Waals surface area contributed by atoms with Crippen molar-refractivity contribution in [1.82, 2.24) is 5.32 Å². The molecule has 0 heterocycles. The van der Waals surface area contributed by atoms with Gasteiger partial charge in [0.25, 0.3) is 5.91 Å². The first kappa shape index (κ1) is 22.3. The quantitative estimate of drug-likeness (QED) is 0.411. The van der Waals surface area contributed by atoms with Gasteiger partial charge in [0.1, 0.15) is 12.2 Å². The molecular weight excluding hydrogens is 342 g/mol. The molecule has 1 unspecified atom stereocenters. The first-order valence-electron chi connectivity index (χ1n) is 9.31. The highest BCUT2D eigenvalue weighted by atomic mass is 28.4. The molecule has 0 aromatic heterocycles. The molecule has 0 spiro atoms. The van der Waals surface area contributed by atoms with E-state index in [2.05, 4.69) is 51.2 Å². The topological polar surface area (TPSA) is 47.6 Å². The summed E-state index contributed by atoms with van der Waals surface area (Å²) < 4.78 is 11.6. The summed E-state index contributed by atoms with van der Waals surface area (Å²) in [6.45, 7) is 14.2. The molecule has 1 amide bonds. The Labute approximate surface area is 159 Å². The molecule has 5 heteroatoms. The van der Waals surface area contributed by atoms with E-state index in [4.69, 9.17) is 9.16 Å². The molecule has 0 aliphatic heterocycles. The Kier molecular flexibility index (Phi) is 8.90. The highest BCUT2D eigenvalue weighted by Gasteiger charge is 2.38. The number of carbonyl (C=O) groups excluding carboxylic acids is 1. The number of rotatable bonds is 8. The van der Waals surface area contributed by atoms with Gasteiger partial charge in [-0.3, -0.25) is 4.79 Å². The second-order valence-electron chi connectivity index (χ2n) is 7.81. The van der Waals surface area contributed by atoms with E-state index in [9.17, 15) is 4.79 Å². The summed E-state index contributed by atoms with van der Waals surface area (Å²) in [6.07, 6.45) is 4.14. The van der Waals surface area contributed by atoms with Gasteiger partial charge in [-0.25, -0.2) is 0 Å². The Bertz CT molecular complexity index is 612. The second kappa shape index (κ2) is 10.4. The van der Waals surface area contributed by atoms with E-state index in [-0.39, 0.29) is 17.0 Å². The Balaban J connectivity index is 2.56. The van der Waals surface area contributed by atoms with Gasteiger partial charge in [0.05, 0.1) is 6.61 Å². The van der Waals surface area contributed by atoms with Crippen molar-refractivity contribution in [2.45, 2.75) is 64.8 Å². The van der Waals surface area contributed by atoms with Crippen molar-refractivity contribution in [2.24, 2.45) is 0 Å². The number of hydrogen-bond acceptors (Lipinski definition) is 3. The summed E-state index contributed by atoms with van der Waals surface area (Å²) in [5.41, 5.74) is 0.678. The molecule has 1 N–H and O–H groups in total. The molecule has 1 aromatic rings. The van der Waals surface area contributed by atoms with Gasteiger partial charge < -0.3 is 14.5 Å². The third kappa shape index (κ3) is 7.63. The smallest absolute Gasteiger partial charge is 0.251 e. The van der Waals surface area contributed by atoms with Crippen molar-refractivity contribution in [3.63, 3.8) is 0 Å². The van der Waals surface area contributed by atoms with E-state index in [0.29, 0.717) is 18.7 Å². The van der Waals surface area contributed by atoms with Gasteiger partial charge in [0.15, 0.2) is 8.32 Å². The lowest BCUT2D eigenvalue weighted by atomic mass is 10.2. The first-order valence-corrected chi connectivity index (χ1v) is 12.2.